The van der Waals surface area contributed by atoms with Crippen LogP contribution in [0, 0.1) is 0 Å². The van der Waals surface area contributed by atoms with Crippen LogP contribution in [0.4, 0.5) is 0 Å². The number of esters is 1. The van der Waals surface area contributed by atoms with E-state index in [1.54, 1.807) is 7.05 Å². The Balaban J connectivity index is 2.00. The molecule has 1 atom stereocenters. The zero-order valence-corrected chi connectivity index (χ0v) is 12.1. The van der Waals surface area contributed by atoms with Gasteiger partial charge in [-0.2, -0.15) is 0 Å². The number of hydrogen-bond acceptors (Lipinski definition) is 5. The highest BCUT2D eigenvalue weighted by atomic mass is 32.2. The summed E-state index contributed by atoms with van der Waals surface area (Å²) in [6, 6.07) is 1.21. The summed E-state index contributed by atoms with van der Waals surface area (Å²) in [4.78, 5) is 11.8. The number of aryl methyl sites for hydroxylation is 1. The Morgan fingerprint density at radius 1 is 1.55 bits per heavy atom. The highest BCUT2D eigenvalue weighted by Gasteiger charge is 2.21. The molecule has 0 amide bonds. The van der Waals surface area contributed by atoms with Crippen LogP contribution in [0.5, 0.6) is 0 Å². The van der Waals surface area contributed by atoms with Crippen LogP contribution >= 0.6 is 0 Å². The lowest BCUT2D eigenvalue weighted by molar-refractivity contribution is -0.0303. The Morgan fingerprint density at radius 3 is 2.85 bits per heavy atom. The van der Waals surface area contributed by atoms with Gasteiger partial charge in [-0.1, -0.05) is 0 Å². The molecule has 2 N–H and O–H groups in total. The summed E-state index contributed by atoms with van der Waals surface area (Å²) in [5, 5.41) is 5.02. The number of carbonyl (C=O) groups is 1. The first kappa shape index (κ1) is 15.0. The van der Waals surface area contributed by atoms with Gasteiger partial charge >= 0.3 is 5.97 Å². The molecule has 20 heavy (non-hydrogen) atoms. The van der Waals surface area contributed by atoms with Gasteiger partial charge in [0.25, 0.3) is 0 Å². The van der Waals surface area contributed by atoms with Gasteiger partial charge in [0.15, 0.2) is 0 Å². The Morgan fingerprint density at radius 2 is 2.30 bits per heavy atom. The van der Waals surface area contributed by atoms with Crippen molar-refractivity contribution in [1.82, 2.24) is 4.57 Å². The highest BCUT2D eigenvalue weighted by Crippen LogP contribution is 2.15. The first-order valence-corrected chi connectivity index (χ1v) is 7.90. The maximum Gasteiger partial charge on any atom is 0.355 e. The predicted molar refractivity (Wildman–Crippen MR) is 70.7 cm³/mol. The lowest BCUT2D eigenvalue weighted by Gasteiger charge is -2.22. The summed E-state index contributed by atoms with van der Waals surface area (Å²) in [6.07, 6.45) is 4.15. The minimum atomic E-state index is -3.83. The van der Waals surface area contributed by atoms with Gasteiger partial charge < -0.3 is 14.0 Å². The van der Waals surface area contributed by atoms with E-state index in [9.17, 15) is 13.2 Å². The number of nitrogens with zero attached hydrogens (tertiary/aromatic N) is 1. The first-order valence-electron chi connectivity index (χ1n) is 6.36. The Hall–Kier alpha value is -1.38. The third kappa shape index (κ3) is 3.59. The van der Waals surface area contributed by atoms with Gasteiger partial charge in [-0.05, 0) is 25.3 Å². The van der Waals surface area contributed by atoms with Crippen LogP contribution in [0.1, 0.15) is 29.8 Å². The topological polar surface area (TPSA) is 101 Å². The molecule has 0 spiro atoms. The van der Waals surface area contributed by atoms with E-state index in [0.717, 1.165) is 19.3 Å². The first-order chi connectivity index (χ1) is 9.38. The van der Waals surface area contributed by atoms with Crippen molar-refractivity contribution < 1.29 is 22.7 Å². The number of hydrogen-bond donors (Lipinski definition) is 1. The monoisotopic (exact) mass is 302 g/mol. The van der Waals surface area contributed by atoms with Crippen molar-refractivity contribution in [1.29, 1.82) is 0 Å². The third-order valence-electron chi connectivity index (χ3n) is 3.19. The molecule has 0 radical (unpaired) electrons. The van der Waals surface area contributed by atoms with Crippen LogP contribution in [0.25, 0.3) is 0 Å². The maximum absolute atomic E-state index is 11.9. The van der Waals surface area contributed by atoms with E-state index in [-0.39, 0.29) is 23.3 Å². The van der Waals surface area contributed by atoms with Crippen molar-refractivity contribution in [3.63, 3.8) is 0 Å². The van der Waals surface area contributed by atoms with Gasteiger partial charge in [0, 0.05) is 19.9 Å². The molecule has 0 bridgehead atoms. The van der Waals surface area contributed by atoms with Crippen LogP contribution in [0.15, 0.2) is 17.2 Å². The van der Waals surface area contributed by atoms with Crippen molar-refractivity contribution in [3.05, 3.63) is 18.0 Å². The molecule has 1 aromatic heterocycles. The van der Waals surface area contributed by atoms with Crippen molar-refractivity contribution in [2.75, 3.05) is 13.2 Å². The van der Waals surface area contributed by atoms with E-state index >= 15 is 0 Å². The standard InChI is InChI=1S/C12H18N2O5S/c1-14-7-10(20(13,16)17)6-11(14)12(15)19-8-9-4-2-3-5-18-9/h6-7,9H,2-5,8H2,1H3,(H2,13,16,17). The molecule has 0 aromatic carbocycles. The molecule has 0 saturated carbocycles. The molecule has 1 unspecified atom stereocenters. The van der Waals surface area contributed by atoms with Crippen LogP contribution in [0.2, 0.25) is 0 Å². The van der Waals surface area contributed by atoms with E-state index < -0.39 is 16.0 Å². The van der Waals surface area contributed by atoms with Crippen molar-refractivity contribution in [3.8, 4) is 0 Å². The molecule has 1 aromatic rings. The van der Waals surface area contributed by atoms with Gasteiger partial charge in [0.1, 0.15) is 17.2 Å². The predicted octanol–water partition coefficient (Wildman–Crippen LogP) is 0.398. The molecule has 2 heterocycles. The summed E-state index contributed by atoms with van der Waals surface area (Å²) < 4.78 is 34.4. The molecule has 7 nitrogen and oxygen atoms in total. The summed E-state index contributed by atoms with van der Waals surface area (Å²) in [6.45, 7) is 0.858. The Labute approximate surface area is 117 Å². The molecule has 2 rings (SSSR count). The van der Waals surface area contributed by atoms with Gasteiger partial charge in [0.2, 0.25) is 10.0 Å². The molecule has 8 heteroatoms. The molecule has 1 saturated heterocycles. The minimum absolute atomic E-state index is 0.0781. The molecule has 1 aliphatic rings. The maximum atomic E-state index is 11.9. The van der Waals surface area contributed by atoms with Crippen molar-refractivity contribution >= 4 is 16.0 Å². The zero-order chi connectivity index (χ0) is 14.8. The minimum Gasteiger partial charge on any atom is -0.458 e. The lowest BCUT2D eigenvalue weighted by Crippen LogP contribution is -2.26. The summed E-state index contributed by atoms with van der Waals surface area (Å²) in [5.41, 5.74) is 0.143. The van der Waals surface area contributed by atoms with E-state index in [4.69, 9.17) is 14.6 Å². The summed E-state index contributed by atoms with van der Waals surface area (Å²) in [7, 11) is -2.27. The molecule has 112 valence electrons. The van der Waals surface area contributed by atoms with E-state index in [0.29, 0.717) is 6.61 Å². The SMILES string of the molecule is Cn1cc(S(N)(=O)=O)cc1C(=O)OCC1CCCCO1. The second-order valence-corrected chi connectivity index (χ2v) is 6.37. The second-order valence-electron chi connectivity index (χ2n) is 4.80. The molecule has 1 aliphatic heterocycles. The van der Waals surface area contributed by atoms with Gasteiger partial charge in [0.05, 0.1) is 6.10 Å². The van der Waals surface area contributed by atoms with Crippen LogP contribution < -0.4 is 5.14 Å². The van der Waals surface area contributed by atoms with Gasteiger partial charge in [-0.15, -0.1) is 0 Å². The number of carbonyl (C=O) groups excluding carboxylic acids is 1. The zero-order valence-electron chi connectivity index (χ0n) is 11.2. The number of primary sulfonamides is 1. The highest BCUT2D eigenvalue weighted by molar-refractivity contribution is 7.89. The van der Waals surface area contributed by atoms with E-state index in [2.05, 4.69) is 0 Å². The fraction of sp³-hybridized carbons (Fsp3) is 0.583. The average Bonchev–Trinajstić information content (AvgIpc) is 2.79. The lowest BCUT2D eigenvalue weighted by atomic mass is 10.1. The smallest absolute Gasteiger partial charge is 0.355 e. The number of ether oxygens (including phenoxy) is 2. The number of nitrogens with two attached hydrogens (primary N) is 1. The van der Waals surface area contributed by atoms with Crippen molar-refractivity contribution in [2.45, 2.75) is 30.3 Å². The molecular formula is C12H18N2O5S. The quantitative estimate of drug-likeness (QED) is 0.811. The van der Waals surface area contributed by atoms with Crippen LogP contribution in [-0.4, -0.2) is 38.3 Å². The van der Waals surface area contributed by atoms with Gasteiger partial charge in [-0.25, -0.2) is 18.4 Å². The summed E-state index contributed by atoms with van der Waals surface area (Å²) in [5.74, 6) is -0.587. The van der Waals surface area contributed by atoms with E-state index in [1.807, 2.05) is 0 Å². The Bertz CT molecular complexity index is 587. The molecule has 0 aliphatic carbocycles. The molecule has 1 fully saturated rings. The fourth-order valence-electron chi connectivity index (χ4n) is 2.07. The summed E-state index contributed by atoms with van der Waals surface area (Å²) >= 11 is 0. The number of rotatable bonds is 4. The average molecular weight is 302 g/mol. The largest absolute Gasteiger partial charge is 0.458 e. The molecular weight excluding hydrogens is 284 g/mol. The van der Waals surface area contributed by atoms with E-state index in [1.165, 1.54) is 16.8 Å². The number of aromatic nitrogens is 1. The van der Waals surface area contributed by atoms with Crippen LogP contribution in [-0.2, 0) is 26.5 Å². The van der Waals surface area contributed by atoms with Crippen LogP contribution in [0.3, 0.4) is 0 Å². The fourth-order valence-corrected chi connectivity index (χ4v) is 2.66. The third-order valence-corrected chi connectivity index (χ3v) is 4.07. The second kappa shape index (κ2) is 5.94. The normalized spacial score (nSPS) is 19.8. The number of sulfonamides is 1. The Kier molecular flexibility index (Phi) is 4.46. The van der Waals surface area contributed by atoms with Gasteiger partial charge in [-0.3, -0.25) is 0 Å². The van der Waals surface area contributed by atoms with Crippen molar-refractivity contribution in [2.24, 2.45) is 12.2 Å².